The first-order chi connectivity index (χ1) is 13.5. The number of hydrogen-bond acceptors (Lipinski definition) is 5. The van der Waals surface area contributed by atoms with Gasteiger partial charge in [0.2, 0.25) is 5.91 Å². The average Bonchev–Trinajstić information content (AvgIpc) is 3.22. The first-order valence-electron chi connectivity index (χ1n) is 9.44. The highest BCUT2D eigenvalue weighted by Crippen LogP contribution is 2.31. The average molecular weight is 415 g/mol. The number of para-hydroxylation sites is 1. The molecule has 5 nitrogen and oxygen atoms in total. The largest absolute Gasteiger partial charge is 0.325 e. The number of thioether (sulfide) groups is 1. The van der Waals surface area contributed by atoms with Crippen molar-refractivity contribution in [1.82, 2.24) is 14.8 Å². The Labute approximate surface area is 174 Å². The van der Waals surface area contributed by atoms with Gasteiger partial charge in [0.25, 0.3) is 0 Å². The summed E-state index contributed by atoms with van der Waals surface area (Å²) < 4.78 is 1.96. The van der Waals surface area contributed by atoms with Gasteiger partial charge in [-0.15, -0.1) is 21.5 Å². The molecule has 28 heavy (non-hydrogen) atoms. The van der Waals surface area contributed by atoms with Crippen molar-refractivity contribution in [3.63, 3.8) is 0 Å². The Hall–Kier alpha value is -2.12. The molecule has 0 unspecified atom stereocenters. The van der Waals surface area contributed by atoms with E-state index in [9.17, 15) is 4.79 Å². The quantitative estimate of drug-likeness (QED) is 0.552. The third-order valence-corrected chi connectivity index (χ3v) is 6.99. The zero-order valence-corrected chi connectivity index (χ0v) is 18.6. The number of nitrogens with one attached hydrogen (secondary N) is 1. The molecule has 2 heterocycles. The maximum atomic E-state index is 12.6. The molecule has 3 aromatic rings. The highest BCUT2D eigenvalue weighted by molar-refractivity contribution is 7.99. The fourth-order valence-electron chi connectivity index (χ4n) is 3.12. The van der Waals surface area contributed by atoms with E-state index in [1.807, 2.05) is 11.6 Å². The summed E-state index contributed by atoms with van der Waals surface area (Å²) >= 11 is 3.13. The Morgan fingerprint density at radius 3 is 2.43 bits per heavy atom. The Morgan fingerprint density at radius 1 is 1.18 bits per heavy atom. The number of rotatable bonds is 7. The summed E-state index contributed by atoms with van der Waals surface area (Å²) in [6.07, 6.45) is 1.78. The van der Waals surface area contributed by atoms with Gasteiger partial charge in [0.05, 0.1) is 5.75 Å². The number of aromatic nitrogens is 3. The van der Waals surface area contributed by atoms with Crippen LogP contribution >= 0.6 is 23.1 Å². The standard InChI is InChI=1S/C21H26N4OS2/c1-6-15-9-8-10-16(7-2)19(15)22-18(26)12-28-21-24-23-20(25(21)5)17-11-27-14(4)13(17)3/h8-11H,6-7,12H2,1-5H3,(H,22,26). The summed E-state index contributed by atoms with van der Waals surface area (Å²) in [5.41, 5.74) is 5.64. The molecule has 0 bridgehead atoms. The first kappa shape index (κ1) is 20.6. The topological polar surface area (TPSA) is 59.8 Å². The smallest absolute Gasteiger partial charge is 0.234 e. The lowest BCUT2D eigenvalue weighted by Gasteiger charge is -2.14. The molecule has 1 amide bonds. The highest BCUT2D eigenvalue weighted by atomic mass is 32.2. The fourth-order valence-corrected chi connectivity index (χ4v) is 4.69. The van der Waals surface area contributed by atoms with Crippen LogP contribution in [0, 0.1) is 13.8 Å². The predicted octanol–water partition coefficient (Wildman–Crippen LogP) is 5.02. The van der Waals surface area contributed by atoms with E-state index < -0.39 is 0 Å². The molecule has 0 fully saturated rings. The van der Waals surface area contributed by atoms with Crippen LogP contribution in [0.3, 0.4) is 0 Å². The molecule has 7 heteroatoms. The third-order valence-electron chi connectivity index (χ3n) is 4.96. The van der Waals surface area contributed by atoms with Gasteiger partial charge in [0.1, 0.15) is 0 Å². The van der Waals surface area contributed by atoms with Gasteiger partial charge >= 0.3 is 0 Å². The van der Waals surface area contributed by atoms with Crippen LogP contribution in [0.2, 0.25) is 0 Å². The van der Waals surface area contributed by atoms with Gasteiger partial charge in [-0.25, -0.2) is 0 Å². The van der Waals surface area contributed by atoms with E-state index in [2.05, 4.69) is 66.8 Å². The minimum absolute atomic E-state index is 0.0206. The summed E-state index contributed by atoms with van der Waals surface area (Å²) in [5.74, 6) is 1.12. The zero-order chi connectivity index (χ0) is 20.3. The van der Waals surface area contributed by atoms with Gasteiger partial charge in [-0.2, -0.15) is 0 Å². The van der Waals surface area contributed by atoms with Crippen molar-refractivity contribution in [1.29, 1.82) is 0 Å². The van der Waals surface area contributed by atoms with Crippen LogP contribution in [-0.4, -0.2) is 26.4 Å². The van der Waals surface area contributed by atoms with Crippen molar-refractivity contribution in [2.75, 3.05) is 11.1 Å². The zero-order valence-electron chi connectivity index (χ0n) is 17.0. The van der Waals surface area contributed by atoms with E-state index in [-0.39, 0.29) is 5.91 Å². The number of hydrogen-bond donors (Lipinski definition) is 1. The SMILES string of the molecule is CCc1cccc(CC)c1NC(=O)CSc1nnc(-c2csc(C)c2C)n1C. The van der Waals surface area contributed by atoms with Gasteiger partial charge in [0, 0.05) is 28.6 Å². The normalized spacial score (nSPS) is 11.0. The Balaban J connectivity index is 1.70. The lowest BCUT2D eigenvalue weighted by molar-refractivity contribution is -0.113. The molecule has 0 radical (unpaired) electrons. The van der Waals surface area contributed by atoms with E-state index in [1.165, 1.54) is 33.3 Å². The van der Waals surface area contributed by atoms with E-state index in [1.54, 1.807) is 11.3 Å². The second-order valence-corrected chi connectivity index (χ2v) is 8.72. The molecule has 0 aliphatic heterocycles. The lowest BCUT2D eigenvalue weighted by atomic mass is 10.0. The number of thiophene rings is 1. The van der Waals surface area contributed by atoms with Gasteiger partial charge in [-0.05, 0) is 43.4 Å². The lowest BCUT2D eigenvalue weighted by Crippen LogP contribution is -2.17. The maximum Gasteiger partial charge on any atom is 0.234 e. The van der Waals surface area contributed by atoms with Gasteiger partial charge < -0.3 is 9.88 Å². The van der Waals surface area contributed by atoms with Crippen molar-refractivity contribution < 1.29 is 4.79 Å². The van der Waals surface area contributed by atoms with Crippen LogP contribution in [0.4, 0.5) is 5.69 Å². The molecule has 2 aromatic heterocycles. The molecule has 0 saturated heterocycles. The van der Waals surface area contributed by atoms with Crippen LogP contribution in [0.5, 0.6) is 0 Å². The number of anilines is 1. The fraction of sp³-hybridized carbons (Fsp3) is 0.381. The minimum atomic E-state index is -0.0206. The molecule has 0 saturated carbocycles. The van der Waals surface area contributed by atoms with Gasteiger partial charge in [0.15, 0.2) is 11.0 Å². The summed E-state index contributed by atoms with van der Waals surface area (Å²) in [6, 6.07) is 6.20. The van der Waals surface area contributed by atoms with Gasteiger partial charge in [-0.3, -0.25) is 4.79 Å². The van der Waals surface area contributed by atoms with Crippen LogP contribution in [0.1, 0.15) is 35.4 Å². The summed E-state index contributed by atoms with van der Waals surface area (Å²) in [6.45, 7) is 8.42. The predicted molar refractivity (Wildman–Crippen MR) is 118 cm³/mol. The molecule has 1 aromatic carbocycles. The van der Waals surface area contributed by atoms with Crippen LogP contribution in [0.15, 0.2) is 28.7 Å². The van der Waals surface area contributed by atoms with E-state index in [0.29, 0.717) is 5.75 Å². The number of carbonyl (C=O) groups is 1. The summed E-state index contributed by atoms with van der Waals surface area (Å²) in [4.78, 5) is 13.9. The Bertz CT molecular complexity index is 968. The van der Waals surface area contributed by atoms with Crippen LogP contribution < -0.4 is 5.32 Å². The minimum Gasteiger partial charge on any atom is -0.325 e. The van der Waals surface area contributed by atoms with Crippen molar-refractivity contribution in [2.45, 2.75) is 45.7 Å². The second kappa shape index (κ2) is 8.92. The van der Waals surface area contributed by atoms with Crippen LogP contribution in [0.25, 0.3) is 11.4 Å². The molecule has 0 spiro atoms. The number of aryl methyl sites for hydroxylation is 3. The molecular formula is C21H26N4OS2. The molecule has 0 atom stereocenters. The van der Waals surface area contributed by atoms with Crippen molar-refractivity contribution in [2.24, 2.45) is 7.05 Å². The molecule has 148 valence electrons. The monoisotopic (exact) mass is 414 g/mol. The van der Waals surface area contributed by atoms with Crippen molar-refractivity contribution >= 4 is 34.7 Å². The maximum absolute atomic E-state index is 12.6. The molecule has 0 aliphatic rings. The Morgan fingerprint density at radius 2 is 1.86 bits per heavy atom. The Kier molecular flexibility index (Phi) is 6.57. The third kappa shape index (κ3) is 4.15. The van der Waals surface area contributed by atoms with Gasteiger partial charge in [-0.1, -0.05) is 43.8 Å². The van der Waals surface area contributed by atoms with E-state index >= 15 is 0 Å². The number of amides is 1. The number of carbonyl (C=O) groups excluding carboxylic acids is 1. The molecule has 0 aliphatic carbocycles. The van der Waals surface area contributed by atoms with Crippen LogP contribution in [-0.2, 0) is 24.7 Å². The molecule has 3 rings (SSSR count). The molecular weight excluding hydrogens is 388 g/mol. The van der Waals surface area contributed by atoms with Crippen molar-refractivity contribution in [3.8, 4) is 11.4 Å². The number of nitrogens with zero attached hydrogens (tertiary/aromatic N) is 3. The summed E-state index contributed by atoms with van der Waals surface area (Å²) in [5, 5.41) is 14.6. The molecule has 1 N–H and O–H groups in total. The second-order valence-electron chi connectivity index (χ2n) is 6.69. The van der Waals surface area contributed by atoms with E-state index in [4.69, 9.17) is 0 Å². The first-order valence-corrected chi connectivity index (χ1v) is 11.3. The highest BCUT2D eigenvalue weighted by Gasteiger charge is 2.17. The number of benzene rings is 1. The van der Waals surface area contributed by atoms with Crippen molar-refractivity contribution in [3.05, 3.63) is 45.1 Å². The van der Waals surface area contributed by atoms with E-state index in [0.717, 1.165) is 35.1 Å². The summed E-state index contributed by atoms with van der Waals surface area (Å²) in [7, 11) is 1.95.